The van der Waals surface area contributed by atoms with Gasteiger partial charge in [-0.3, -0.25) is 0 Å². The molecule has 2 amide bonds. The van der Waals surface area contributed by atoms with Gasteiger partial charge >= 0.3 is 6.03 Å². The van der Waals surface area contributed by atoms with Gasteiger partial charge in [-0.1, -0.05) is 22.0 Å². The molecule has 3 heterocycles. The minimum atomic E-state index is -1.76. The maximum atomic E-state index is 12.8. The molecule has 1 aliphatic rings. The summed E-state index contributed by atoms with van der Waals surface area (Å²) >= 11 is 3.41. The average molecular weight is 494 g/mol. The maximum Gasteiger partial charge on any atom is 0.323 e. The lowest BCUT2D eigenvalue weighted by molar-refractivity contribution is 0.262. The van der Waals surface area contributed by atoms with E-state index in [0.717, 1.165) is 21.1 Å². The summed E-state index contributed by atoms with van der Waals surface area (Å²) in [6, 6.07) is 14.0. The van der Waals surface area contributed by atoms with Crippen LogP contribution in [0.5, 0.6) is 5.75 Å². The van der Waals surface area contributed by atoms with E-state index in [1.54, 1.807) is 42.6 Å². The first kappa shape index (κ1) is 18.1. The van der Waals surface area contributed by atoms with E-state index in [1.165, 1.54) is 0 Å². The third-order valence-electron chi connectivity index (χ3n) is 5.40. The number of rotatable bonds is 5. The molecule has 0 radical (unpaired) electrons. The van der Waals surface area contributed by atoms with E-state index < -0.39 is 12.5 Å². The van der Waals surface area contributed by atoms with Crippen molar-refractivity contribution >= 4 is 50.1 Å². The standard InChI is InChI=1S/C24H22BrN5O2/c1-32-22-6-5-16(25)13-20(22)29-24(31)28-19-3-2-4-21-18(19)9-12-30(21)14-15-7-10-26-23-17(15)8-11-27-23/h2-8,10-11,13H,9,12,14H2,1H3,(H,26,27)(H2,28,29,31)/i14D2. The van der Waals surface area contributed by atoms with Crippen LogP contribution in [0.1, 0.15) is 13.9 Å². The molecule has 4 aromatic rings. The summed E-state index contributed by atoms with van der Waals surface area (Å²) in [6.45, 7) is -1.28. The number of anilines is 3. The zero-order chi connectivity index (χ0) is 23.9. The first-order valence-corrected chi connectivity index (χ1v) is 10.9. The van der Waals surface area contributed by atoms with Crippen LogP contribution in [0.4, 0.5) is 21.9 Å². The van der Waals surface area contributed by atoms with Gasteiger partial charge in [-0.2, -0.15) is 0 Å². The van der Waals surface area contributed by atoms with Crippen LogP contribution in [0.25, 0.3) is 11.0 Å². The van der Waals surface area contributed by atoms with Crippen molar-refractivity contribution in [3.05, 3.63) is 76.5 Å². The van der Waals surface area contributed by atoms with Gasteiger partial charge in [-0.05, 0) is 54.4 Å². The molecule has 32 heavy (non-hydrogen) atoms. The smallest absolute Gasteiger partial charge is 0.323 e. The molecule has 0 fully saturated rings. The summed E-state index contributed by atoms with van der Waals surface area (Å²) < 4.78 is 24.1. The third kappa shape index (κ3) is 3.89. The Morgan fingerprint density at radius 3 is 3.00 bits per heavy atom. The van der Waals surface area contributed by atoms with Gasteiger partial charge < -0.3 is 25.3 Å². The highest BCUT2D eigenvalue weighted by Gasteiger charge is 2.23. The molecule has 0 spiro atoms. The monoisotopic (exact) mass is 493 g/mol. The Kier molecular flexibility index (Phi) is 4.83. The molecule has 7 nitrogen and oxygen atoms in total. The summed E-state index contributed by atoms with van der Waals surface area (Å²) in [4.78, 5) is 21.8. The number of ether oxygens (including phenoxy) is 1. The van der Waals surface area contributed by atoms with E-state index in [1.807, 2.05) is 30.3 Å². The van der Waals surface area contributed by atoms with E-state index >= 15 is 0 Å². The van der Waals surface area contributed by atoms with Crippen LogP contribution in [0, 0.1) is 0 Å². The second kappa shape index (κ2) is 8.55. The van der Waals surface area contributed by atoms with Gasteiger partial charge in [-0.25, -0.2) is 9.78 Å². The lowest BCUT2D eigenvalue weighted by atomic mass is 10.1. The molecular weight excluding hydrogens is 470 g/mol. The number of carbonyl (C=O) groups excluding carboxylic acids is 1. The molecule has 0 saturated carbocycles. The molecule has 0 aliphatic carbocycles. The van der Waals surface area contributed by atoms with Gasteiger partial charge in [0.2, 0.25) is 0 Å². The molecule has 2 aromatic carbocycles. The van der Waals surface area contributed by atoms with E-state index in [9.17, 15) is 4.79 Å². The van der Waals surface area contributed by atoms with Crippen LogP contribution in [0.15, 0.2) is 65.4 Å². The van der Waals surface area contributed by atoms with Crippen molar-refractivity contribution in [2.75, 3.05) is 29.2 Å². The zero-order valence-electron chi connectivity index (χ0n) is 19.3. The predicted molar refractivity (Wildman–Crippen MR) is 131 cm³/mol. The van der Waals surface area contributed by atoms with Crippen molar-refractivity contribution in [3.8, 4) is 5.75 Å². The molecule has 2 aromatic heterocycles. The van der Waals surface area contributed by atoms with Crippen LogP contribution < -0.4 is 20.3 Å². The summed E-state index contributed by atoms with van der Waals surface area (Å²) in [5.74, 6) is 0.546. The number of nitrogens with one attached hydrogen (secondary N) is 3. The van der Waals surface area contributed by atoms with Crippen molar-refractivity contribution in [1.82, 2.24) is 9.97 Å². The van der Waals surface area contributed by atoms with Crippen LogP contribution >= 0.6 is 15.9 Å². The summed E-state index contributed by atoms with van der Waals surface area (Å²) in [5, 5.41) is 6.48. The Morgan fingerprint density at radius 2 is 2.12 bits per heavy atom. The number of fused-ring (bicyclic) bond motifs is 2. The Hall–Kier alpha value is -3.52. The van der Waals surface area contributed by atoms with Crippen LogP contribution in [0.3, 0.4) is 0 Å². The van der Waals surface area contributed by atoms with Gasteiger partial charge in [0.05, 0.1) is 15.5 Å². The van der Waals surface area contributed by atoms with Gasteiger partial charge in [0.25, 0.3) is 0 Å². The molecule has 5 rings (SSSR count). The summed E-state index contributed by atoms with van der Waals surface area (Å²) in [7, 11) is 1.54. The Balaban J connectivity index is 1.42. The van der Waals surface area contributed by atoms with Gasteiger partial charge in [0.15, 0.2) is 0 Å². The zero-order valence-corrected chi connectivity index (χ0v) is 18.9. The fraction of sp³-hybridized carbons (Fsp3) is 0.167. The second-order valence-corrected chi connectivity index (χ2v) is 8.25. The highest BCUT2D eigenvalue weighted by Crippen LogP contribution is 2.35. The second-order valence-electron chi connectivity index (χ2n) is 7.34. The van der Waals surface area contributed by atoms with Crippen molar-refractivity contribution in [3.63, 3.8) is 0 Å². The normalized spacial score (nSPS) is 14.0. The van der Waals surface area contributed by atoms with E-state index in [4.69, 9.17) is 7.48 Å². The number of carbonyl (C=O) groups is 1. The van der Waals surface area contributed by atoms with Crippen molar-refractivity contribution in [2.24, 2.45) is 0 Å². The minimum absolute atomic E-state index is 0.408. The van der Waals surface area contributed by atoms with Crippen LogP contribution in [0.2, 0.25) is 0 Å². The number of aromatic nitrogens is 2. The maximum absolute atomic E-state index is 12.8. The summed E-state index contributed by atoms with van der Waals surface area (Å²) in [6.07, 6.45) is 3.98. The molecule has 0 bridgehead atoms. The highest BCUT2D eigenvalue weighted by atomic mass is 79.9. The number of halogens is 1. The highest BCUT2D eigenvalue weighted by molar-refractivity contribution is 9.10. The molecular formula is C24H22BrN5O2. The van der Waals surface area contributed by atoms with Crippen molar-refractivity contribution < 1.29 is 12.3 Å². The third-order valence-corrected chi connectivity index (χ3v) is 5.89. The number of hydrogen-bond donors (Lipinski definition) is 3. The van der Waals surface area contributed by atoms with Crippen molar-refractivity contribution in [2.45, 2.75) is 12.9 Å². The van der Waals surface area contributed by atoms with E-state index in [2.05, 4.69) is 36.5 Å². The topological polar surface area (TPSA) is 82.3 Å². The number of benzene rings is 2. The molecule has 162 valence electrons. The molecule has 3 N–H and O–H groups in total. The van der Waals surface area contributed by atoms with E-state index in [0.29, 0.717) is 41.3 Å². The Morgan fingerprint density at radius 1 is 1.25 bits per heavy atom. The van der Waals surface area contributed by atoms with Gasteiger partial charge in [-0.15, -0.1) is 0 Å². The predicted octanol–water partition coefficient (Wildman–Crippen LogP) is 5.54. The number of nitrogens with zero attached hydrogens (tertiary/aromatic N) is 2. The van der Waals surface area contributed by atoms with E-state index in [-0.39, 0.29) is 0 Å². The number of amides is 2. The van der Waals surface area contributed by atoms with Crippen LogP contribution in [-0.2, 0) is 12.9 Å². The van der Waals surface area contributed by atoms with Gasteiger partial charge in [0, 0.05) is 52.2 Å². The molecule has 0 atom stereocenters. The fourth-order valence-electron chi connectivity index (χ4n) is 3.93. The van der Waals surface area contributed by atoms with Gasteiger partial charge in [0.1, 0.15) is 11.4 Å². The average Bonchev–Trinajstić information content (AvgIpc) is 3.47. The molecule has 0 unspecified atom stereocenters. The lowest BCUT2D eigenvalue weighted by Gasteiger charge is -2.20. The molecule has 0 saturated heterocycles. The summed E-state index contributed by atoms with van der Waals surface area (Å²) in [5.41, 5.74) is 4.02. The Labute approximate surface area is 196 Å². The largest absolute Gasteiger partial charge is 0.495 e. The lowest BCUT2D eigenvalue weighted by Crippen LogP contribution is -2.21. The first-order valence-electron chi connectivity index (χ1n) is 11.1. The van der Waals surface area contributed by atoms with Crippen LogP contribution in [-0.4, -0.2) is 29.7 Å². The molecule has 1 aliphatic heterocycles. The number of methoxy groups -OCH3 is 1. The Bertz CT molecular complexity index is 1390. The quantitative estimate of drug-likeness (QED) is 0.340. The number of urea groups is 1. The number of aromatic amines is 1. The van der Waals surface area contributed by atoms with Crippen molar-refractivity contribution in [1.29, 1.82) is 0 Å². The number of hydrogen-bond acceptors (Lipinski definition) is 4. The molecule has 8 heteroatoms. The SMILES string of the molecule is [2H]C([2H])(c1ccnc2[nH]ccc12)N1CCc2c(NC(=O)Nc3cc(Br)ccc3OC)cccc21. The first-order chi connectivity index (χ1) is 16.4. The number of pyridine rings is 1. The number of H-pyrrole nitrogens is 1. The minimum Gasteiger partial charge on any atom is -0.495 e. The fourth-order valence-corrected chi connectivity index (χ4v) is 4.29.